The molecular weight excluding hydrogens is 368 g/mol. The van der Waals surface area contributed by atoms with Gasteiger partial charge in [0.2, 0.25) is 0 Å². The van der Waals surface area contributed by atoms with Gasteiger partial charge in [-0.3, -0.25) is 10.4 Å². The van der Waals surface area contributed by atoms with Crippen LogP contribution < -0.4 is 19.6 Å². The van der Waals surface area contributed by atoms with Gasteiger partial charge in [0, 0.05) is 35.2 Å². The van der Waals surface area contributed by atoms with Crippen LogP contribution in [0.3, 0.4) is 0 Å². The zero-order valence-electron chi connectivity index (χ0n) is 16.3. The smallest absolute Gasteiger partial charge is 0.154 e. The van der Waals surface area contributed by atoms with Gasteiger partial charge in [0.05, 0.1) is 27.0 Å². The van der Waals surface area contributed by atoms with Gasteiger partial charge in [-0.05, 0) is 42.5 Å². The van der Waals surface area contributed by atoms with Crippen molar-refractivity contribution in [1.29, 1.82) is 0 Å². The number of fused-ring (bicyclic) bond motifs is 1. The SMILES string of the molecule is COc1cc(OC)cc(C2=Nc3ccc(OC)cc3C(c3cccnc3)=NN2)c1. The van der Waals surface area contributed by atoms with Crippen molar-refractivity contribution in [1.82, 2.24) is 10.4 Å². The van der Waals surface area contributed by atoms with Gasteiger partial charge in [-0.25, -0.2) is 4.99 Å². The van der Waals surface area contributed by atoms with Gasteiger partial charge in [-0.15, -0.1) is 0 Å². The van der Waals surface area contributed by atoms with Crippen molar-refractivity contribution in [3.8, 4) is 17.2 Å². The molecule has 146 valence electrons. The van der Waals surface area contributed by atoms with E-state index in [0.29, 0.717) is 17.3 Å². The number of rotatable bonds is 5. The van der Waals surface area contributed by atoms with Gasteiger partial charge in [0.25, 0.3) is 0 Å². The molecule has 0 saturated carbocycles. The number of hydrazone groups is 1. The summed E-state index contributed by atoms with van der Waals surface area (Å²) in [5.41, 5.74) is 7.08. The van der Waals surface area contributed by atoms with Crippen LogP contribution in [-0.4, -0.2) is 37.9 Å². The molecule has 2 aromatic carbocycles. The van der Waals surface area contributed by atoms with Crippen LogP contribution >= 0.6 is 0 Å². The molecule has 7 nitrogen and oxygen atoms in total. The molecule has 2 heterocycles. The highest BCUT2D eigenvalue weighted by molar-refractivity contribution is 6.18. The van der Waals surface area contributed by atoms with Gasteiger partial charge >= 0.3 is 0 Å². The zero-order valence-corrected chi connectivity index (χ0v) is 16.3. The topological polar surface area (TPSA) is 77.3 Å². The molecule has 1 N–H and O–H groups in total. The molecule has 0 bridgehead atoms. The largest absolute Gasteiger partial charge is 0.497 e. The van der Waals surface area contributed by atoms with Crippen molar-refractivity contribution in [3.63, 3.8) is 0 Å². The summed E-state index contributed by atoms with van der Waals surface area (Å²) in [6.45, 7) is 0. The molecule has 0 saturated heterocycles. The van der Waals surface area contributed by atoms with Gasteiger partial charge in [-0.2, -0.15) is 5.10 Å². The predicted molar refractivity (Wildman–Crippen MR) is 112 cm³/mol. The summed E-state index contributed by atoms with van der Waals surface area (Å²) < 4.78 is 16.2. The molecule has 1 aromatic heterocycles. The molecule has 0 fully saturated rings. The van der Waals surface area contributed by atoms with E-state index < -0.39 is 0 Å². The number of benzene rings is 2. The lowest BCUT2D eigenvalue weighted by Crippen LogP contribution is -2.20. The van der Waals surface area contributed by atoms with Crippen molar-refractivity contribution < 1.29 is 14.2 Å². The highest BCUT2D eigenvalue weighted by Gasteiger charge is 2.19. The third-order valence-corrected chi connectivity index (χ3v) is 4.52. The Morgan fingerprint density at radius 3 is 2.21 bits per heavy atom. The van der Waals surface area contributed by atoms with Crippen LogP contribution in [0.5, 0.6) is 17.2 Å². The quantitative estimate of drug-likeness (QED) is 0.723. The summed E-state index contributed by atoms with van der Waals surface area (Å²) in [6.07, 6.45) is 3.49. The summed E-state index contributed by atoms with van der Waals surface area (Å²) in [4.78, 5) is 9.03. The van der Waals surface area contributed by atoms with Gasteiger partial charge in [-0.1, -0.05) is 0 Å². The van der Waals surface area contributed by atoms with E-state index in [9.17, 15) is 0 Å². The maximum atomic E-state index is 5.40. The van der Waals surface area contributed by atoms with Crippen LogP contribution in [0.1, 0.15) is 16.7 Å². The molecular formula is C22H20N4O3. The fourth-order valence-corrected chi connectivity index (χ4v) is 3.04. The Kier molecular flexibility index (Phi) is 5.11. The molecule has 3 aromatic rings. The molecule has 0 aliphatic carbocycles. The van der Waals surface area contributed by atoms with Gasteiger partial charge in [0.15, 0.2) is 5.84 Å². The number of aliphatic imine (C=N–C) groups is 1. The maximum Gasteiger partial charge on any atom is 0.154 e. The number of methoxy groups -OCH3 is 3. The first-order chi connectivity index (χ1) is 14.2. The first-order valence-electron chi connectivity index (χ1n) is 8.96. The molecule has 0 radical (unpaired) electrons. The average Bonchev–Trinajstić information content (AvgIpc) is 2.98. The van der Waals surface area contributed by atoms with Crippen molar-refractivity contribution >= 4 is 17.2 Å². The van der Waals surface area contributed by atoms with Gasteiger partial charge in [0.1, 0.15) is 23.0 Å². The molecule has 29 heavy (non-hydrogen) atoms. The Balaban J connectivity index is 1.87. The van der Waals surface area contributed by atoms with E-state index in [2.05, 4.69) is 15.5 Å². The van der Waals surface area contributed by atoms with Crippen LogP contribution in [0.4, 0.5) is 5.69 Å². The van der Waals surface area contributed by atoms with E-state index in [4.69, 9.17) is 19.2 Å². The number of amidine groups is 1. The Hall–Kier alpha value is -3.87. The Labute approximate surface area is 168 Å². The fourth-order valence-electron chi connectivity index (χ4n) is 3.04. The van der Waals surface area contributed by atoms with Crippen molar-refractivity contribution in [2.45, 2.75) is 0 Å². The van der Waals surface area contributed by atoms with E-state index in [1.165, 1.54) is 0 Å². The van der Waals surface area contributed by atoms with E-state index in [1.54, 1.807) is 33.7 Å². The van der Waals surface area contributed by atoms with Crippen LogP contribution in [0.2, 0.25) is 0 Å². The zero-order chi connectivity index (χ0) is 20.2. The predicted octanol–water partition coefficient (Wildman–Crippen LogP) is 3.54. The van der Waals surface area contributed by atoms with E-state index in [0.717, 1.165) is 33.8 Å². The maximum absolute atomic E-state index is 5.40. The number of aromatic nitrogens is 1. The second-order valence-corrected chi connectivity index (χ2v) is 6.26. The number of nitrogens with zero attached hydrogens (tertiary/aromatic N) is 3. The summed E-state index contributed by atoms with van der Waals surface area (Å²) >= 11 is 0. The number of nitrogens with one attached hydrogen (secondary N) is 1. The van der Waals surface area contributed by atoms with Crippen LogP contribution in [0.15, 0.2) is 71.0 Å². The van der Waals surface area contributed by atoms with Crippen molar-refractivity contribution in [2.24, 2.45) is 10.1 Å². The number of pyridine rings is 1. The normalized spacial score (nSPS) is 12.7. The monoisotopic (exact) mass is 388 g/mol. The minimum atomic E-state index is 0.576. The molecule has 0 unspecified atom stereocenters. The number of ether oxygens (including phenoxy) is 3. The average molecular weight is 388 g/mol. The molecule has 7 heteroatoms. The molecule has 0 spiro atoms. The summed E-state index contributed by atoms with van der Waals surface area (Å²) in [7, 11) is 4.86. The Bertz CT molecular complexity index is 1070. The second-order valence-electron chi connectivity index (χ2n) is 6.26. The molecule has 0 atom stereocenters. The molecule has 1 aliphatic rings. The van der Waals surface area contributed by atoms with E-state index in [1.807, 2.05) is 48.5 Å². The summed E-state index contributed by atoms with van der Waals surface area (Å²) in [5, 5.41) is 4.64. The summed E-state index contributed by atoms with van der Waals surface area (Å²) in [5.74, 6) is 2.63. The highest BCUT2D eigenvalue weighted by atomic mass is 16.5. The van der Waals surface area contributed by atoms with E-state index in [-0.39, 0.29) is 0 Å². The molecule has 0 amide bonds. The Morgan fingerprint density at radius 2 is 1.55 bits per heavy atom. The lowest BCUT2D eigenvalue weighted by molar-refractivity contribution is 0.394. The number of hydrogen-bond donors (Lipinski definition) is 1. The Morgan fingerprint density at radius 1 is 0.793 bits per heavy atom. The van der Waals surface area contributed by atoms with Gasteiger partial charge < -0.3 is 14.2 Å². The third-order valence-electron chi connectivity index (χ3n) is 4.52. The standard InChI is InChI=1S/C22H20N4O3/c1-27-16-6-7-20-19(12-16)21(14-5-4-8-23-13-14)25-26-22(24-20)15-9-17(28-2)11-18(10-15)29-3/h4-13H,1-3H3,(H,24,26). The minimum Gasteiger partial charge on any atom is -0.497 e. The van der Waals surface area contributed by atoms with Crippen molar-refractivity contribution in [3.05, 3.63) is 77.6 Å². The van der Waals surface area contributed by atoms with Crippen LogP contribution in [-0.2, 0) is 0 Å². The lowest BCUT2D eigenvalue weighted by Gasteiger charge is -2.10. The highest BCUT2D eigenvalue weighted by Crippen LogP contribution is 2.30. The summed E-state index contributed by atoms with van der Waals surface area (Å²) in [6, 6.07) is 15.1. The lowest BCUT2D eigenvalue weighted by atomic mass is 10.0. The first-order valence-corrected chi connectivity index (χ1v) is 8.96. The van der Waals surface area contributed by atoms with Crippen LogP contribution in [0.25, 0.3) is 0 Å². The third kappa shape index (κ3) is 3.75. The minimum absolute atomic E-state index is 0.576. The fraction of sp³-hybridized carbons (Fsp3) is 0.136. The second kappa shape index (κ2) is 8.02. The van der Waals surface area contributed by atoms with E-state index >= 15 is 0 Å². The number of hydrogen-bond acceptors (Lipinski definition) is 7. The molecule has 1 aliphatic heterocycles. The van der Waals surface area contributed by atoms with Crippen molar-refractivity contribution in [2.75, 3.05) is 21.3 Å². The first kappa shape index (κ1) is 18.5. The molecule has 4 rings (SSSR count). The van der Waals surface area contributed by atoms with Crippen LogP contribution in [0, 0.1) is 0 Å².